The van der Waals surface area contributed by atoms with Crippen LogP contribution in [0.15, 0.2) is 64.1 Å². The fourth-order valence-electron chi connectivity index (χ4n) is 2.43. The van der Waals surface area contributed by atoms with Gasteiger partial charge in [-0.2, -0.15) is 0 Å². The van der Waals surface area contributed by atoms with E-state index in [1.807, 2.05) is 42.1 Å². The molecule has 1 aliphatic carbocycles. The molecule has 0 radical (unpaired) electrons. The number of rotatable bonds is 10. The highest BCUT2D eigenvalue weighted by Crippen LogP contribution is 2.29. The van der Waals surface area contributed by atoms with Gasteiger partial charge in [0, 0.05) is 28.0 Å². The summed E-state index contributed by atoms with van der Waals surface area (Å²) in [4.78, 5) is 2.17. The van der Waals surface area contributed by atoms with Crippen LogP contribution in [-0.2, 0) is 4.74 Å². The molecule has 3 nitrogen and oxygen atoms in total. The number of nitrogens with one attached hydrogen (secondary N) is 1. The zero-order valence-electron chi connectivity index (χ0n) is 15.8. The minimum absolute atomic E-state index is 0.284. The van der Waals surface area contributed by atoms with Crippen molar-refractivity contribution in [2.45, 2.75) is 31.2 Å². The third-order valence-electron chi connectivity index (χ3n) is 3.99. The summed E-state index contributed by atoms with van der Waals surface area (Å²) < 4.78 is 11.3. The molecule has 0 saturated heterocycles. The second-order valence-electron chi connectivity index (χ2n) is 6.49. The summed E-state index contributed by atoms with van der Waals surface area (Å²) in [5.74, 6) is 3.41. The predicted molar refractivity (Wildman–Crippen MR) is 115 cm³/mol. The van der Waals surface area contributed by atoms with Crippen molar-refractivity contribution < 1.29 is 9.47 Å². The normalized spacial score (nSPS) is 16.3. The van der Waals surface area contributed by atoms with Crippen LogP contribution in [0.3, 0.4) is 0 Å². The van der Waals surface area contributed by atoms with Crippen LogP contribution in [0.4, 0.5) is 0 Å². The molecule has 1 N–H and O–H groups in total. The Hall–Kier alpha value is -1.30. The van der Waals surface area contributed by atoms with Gasteiger partial charge < -0.3 is 14.8 Å². The Bertz CT molecular complexity index is 655. The number of thiol groups is 1. The molecule has 0 aliphatic heterocycles. The Morgan fingerprint density at radius 2 is 2.04 bits per heavy atom. The number of thioether (sulfide) groups is 1. The van der Waals surface area contributed by atoms with Crippen LogP contribution in [0.25, 0.3) is 0 Å². The molecule has 0 spiro atoms. The average Bonchev–Trinajstić information content (AvgIpc) is 2.87. The summed E-state index contributed by atoms with van der Waals surface area (Å²) in [6.07, 6.45) is 8.90. The number of ether oxygens (including phenoxy) is 2. The van der Waals surface area contributed by atoms with Crippen molar-refractivity contribution in [1.29, 1.82) is 0 Å². The first-order chi connectivity index (χ1) is 12.6. The molecule has 0 aromatic heterocycles. The second-order valence-corrected chi connectivity index (χ2v) is 8.09. The number of para-hydroxylation sites is 1. The Labute approximate surface area is 167 Å². The van der Waals surface area contributed by atoms with Gasteiger partial charge in [-0.25, -0.2) is 0 Å². The first-order valence-electron chi connectivity index (χ1n) is 8.97. The average molecular weight is 392 g/mol. The fraction of sp³-hybridized carbons (Fsp3) is 0.429. The first kappa shape index (κ1) is 21.0. The SMILES string of the molecule is COc1ccccc1SC[C@@H](C)CNC(C)COC1=C(S)CC=CC=C1. The molecule has 2 rings (SSSR count). The van der Waals surface area contributed by atoms with Crippen LogP contribution < -0.4 is 10.1 Å². The van der Waals surface area contributed by atoms with E-state index in [0.717, 1.165) is 35.1 Å². The molecule has 0 saturated carbocycles. The van der Waals surface area contributed by atoms with Crippen molar-refractivity contribution in [2.24, 2.45) is 5.92 Å². The number of hydrogen-bond donors (Lipinski definition) is 2. The van der Waals surface area contributed by atoms with Gasteiger partial charge >= 0.3 is 0 Å². The van der Waals surface area contributed by atoms with Crippen LogP contribution in [0.5, 0.6) is 5.75 Å². The van der Waals surface area contributed by atoms with Gasteiger partial charge in [-0.1, -0.05) is 37.3 Å². The molecule has 1 unspecified atom stereocenters. The molecular weight excluding hydrogens is 362 g/mol. The number of allylic oxidation sites excluding steroid dienone is 5. The molecule has 26 heavy (non-hydrogen) atoms. The second kappa shape index (κ2) is 11.4. The highest BCUT2D eigenvalue weighted by Gasteiger charge is 2.10. The number of methoxy groups -OCH3 is 1. The Kier molecular flexibility index (Phi) is 9.23. The lowest BCUT2D eigenvalue weighted by atomic mass is 10.2. The van der Waals surface area contributed by atoms with Crippen molar-refractivity contribution in [3.8, 4) is 5.75 Å². The molecule has 1 aliphatic rings. The molecule has 0 amide bonds. The minimum Gasteiger partial charge on any atom is -0.496 e. The van der Waals surface area contributed by atoms with Crippen molar-refractivity contribution in [3.05, 3.63) is 59.2 Å². The van der Waals surface area contributed by atoms with E-state index in [1.54, 1.807) is 7.11 Å². The van der Waals surface area contributed by atoms with Crippen molar-refractivity contribution >= 4 is 24.4 Å². The fourth-order valence-corrected chi connectivity index (χ4v) is 3.73. The van der Waals surface area contributed by atoms with Crippen LogP contribution in [0.2, 0.25) is 0 Å². The standard InChI is InChI=1S/C21H29NO2S2/c1-16(15-26-21-12-8-7-10-19(21)23-3)13-22-17(2)14-24-18-9-5-4-6-11-20(18)25/h4-10,12,16-17,22,25H,11,13-15H2,1-3H3/t16-,17?/m0/s1. The van der Waals surface area contributed by atoms with Gasteiger partial charge in [-0.05, 0) is 37.6 Å². The molecule has 2 atom stereocenters. The van der Waals surface area contributed by atoms with Crippen LogP contribution >= 0.6 is 24.4 Å². The lowest BCUT2D eigenvalue weighted by Gasteiger charge is -2.19. The molecule has 1 aromatic rings. The maximum atomic E-state index is 5.92. The maximum Gasteiger partial charge on any atom is 0.132 e. The van der Waals surface area contributed by atoms with Crippen molar-refractivity contribution in [1.82, 2.24) is 5.32 Å². The topological polar surface area (TPSA) is 30.5 Å². The predicted octanol–water partition coefficient (Wildman–Crippen LogP) is 5.08. The molecule has 0 bridgehead atoms. The summed E-state index contributed by atoms with van der Waals surface area (Å²) in [5, 5.41) is 3.56. The smallest absolute Gasteiger partial charge is 0.132 e. The van der Waals surface area contributed by atoms with E-state index in [9.17, 15) is 0 Å². The third kappa shape index (κ3) is 7.14. The highest BCUT2D eigenvalue weighted by molar-refractivity contribution is 7.99. The monoisotopic (exact) mass is 391 g/mol. The van der Waals surface area contributed by atoms with Gasteiger partial charge in [0.2, 0.25) is 0 Å². The number of hydrogen-bond acceptors (Lipinski definition) is 5. The molecule has 5 heteroatoms. The molecule has 0 fully saturated rings. The lowest BCUT2D eigenvalue weighted by molar-refractivity contribution is 0.192. The van der Waals surface area contributed by atoms with Gasteiger partial charge in [0.1, 0.15) is 18.1 Å². The summed E-state index contributed by atoms with van der Waals surface area (Å²) >= 11 is 6.35. The Balaban J connectivity index is 1.69. The summed E-state index contributed by atoms with van der Waals surface area (Å²) in [6.45, 7) is 6.00. The summed E-state index contributed by atoms with van der Waals surface area (Å²) in [5.41, 5.74) is 0. The van der Waals surface area contributed by atoms with Crippen LogP contribution in [0, 0.1) is 5.92 Å². The van der Waals surface area contributed by atoms with E-state index in [-0.39, 0.29) is 6.04 Å². The number of benzene rings is 1. The van der Waals surface area contributed by atoms with Crippen molar-refractivity contribution in [2.75, 3.05) is 26.0 Å². The van der Waals surface area contributed by atoms with E-state index in [0.29, 0.717) is 12.5 Å². The van der Waals surface area contributed by atoms with E-state index in [4.69, 9.17) is 9.47 Å². The van der Waals surface area contributed by atoms with Gasteiger partial charge in [-0.3, -0.25) is 0 Å². The maximum absolute atomic E-state index is 5.92. The summed E-state index contributed by atoms with van der Waals surface area (Å²) in [7, 11) is 1.72. The van der Waals surface area contributed by atoms with Crippen molar-refractivity contribution in [3.63, 3.8) is 0 Å². The zero-order valence-corrected chi connectivity index (χ0v) is 17.5. The van der Waals surface area contributed by atoms with Gasteiger partial charge in [-0.15, -0.1) is 24.4 Å². The quantitative estimate of drug-likeness (QED) is 0.430. The van der Waals surface area contributed by atoms with E-state index in [1.165, 1.54) is 4.90 Å². The van der Waals surface area contributed by atoms with Gasteiger partial charge in [0.25, 0.3) is 0 Å². The van der Waals surface area contributed by atoms with Gasteiger partial charge in [0.15, 0.2) is 0 Å². The molecule has 1 aromatic carbocycles. The lowest BCUT2D eigenvalue weighted by Crippen LogP contribution is -2.34. The van der Waals surface area contributed by atoms with E-state index < -0.39 is 0 Å². The van der Waals surface area contributed by atoms with E-state index in [2.05, 4.69) is 50.0 Å². The first-order valence-corrected chi connectivity index (χ1v) is 10.4. The molecular formula is C21H29NO2S2. The molecule has 0 heterocycles. The van der Waals surface area contributed by atoms with E-state index >= 15 is 0 Å². The zero-order chi connectivity index (χ0) is 18.8. The summed E-state index contributed by atoms with van der Waals surface area (Å²) in [6, 6.07) is 8.45. The Morgan fingerprint density at radius 3 is 2.85 bits per heavy atom. The van der Waals surface area contributed by atoms with Crippen LogP contribution in [0.1, 0.15) is 20.3 Å². The Morgan fingerprint density at radius 1 is 1.23 bits per heavy atom. The highest BCUT2D eigenvalue weighted by atomic mass is 32.2. The largest absolute Gasteiger partial charge is 0.496 e. The minimum atomic E-state index is 0.284. The van der Waals surface area contributed by atoms with Crippen LogP contribution in [-0.4, -0.2) is 32.1 Å². The third-order valence-corrected chi connectivity index (χ3v) is 5.77. The van der Waals surface area contributed by atoms with Gasteiger partial charge in [0.05, 0.1) is 7.11 Å². The molecule has 142 valence electrons.